The first-order valence-electron chi connectivity index (χ1n) is 5.90. The van der Waals surface area contributed by atoms with Crippen molar-refractivity contribution >= 4 is 11.6 Å². The molecule has 2 aromatic carbocycles. The second kappa shape index (κ2) is 6.13. The molecular weight excluding hydrogens is 270 g/mol. The minimum Gasteiger partial charge on any atom is -0.396 e. The maximum atomic E-state index is 13.1. The van der Waals surface area contributed by atoms with Crippen LogP contribution in [-0.4, -0.2) is 11.7 Å². The molecule has 0 heterocycles. The van der Waals surface area contributed by atoms with Crippen LogP contribution in [0.3, 0.4) is 0 Å². The molecule has 0 amide bonds. The van der Waals surface area contributed by atoms with Gasteiger partial charge in [-0.05, 0) is 41.8 Å². The van der Waals surface area contributed by atoms with Crippen molar-refractivity contribution in [3.63, 3.8) is 0 Å². The Bertz CT molecular complexity index is 572. The summed E-state index contributed by atoms with van der Waals surface area (Å²) in [6.07, 6.45) is 0.425. The van der Waals surface area contributed by atoms with Crippen molar-refractivity contribution < 1.29 is 13.9 Å². The van der Waals surface area contributed by atoms with Crippen molar-refractivity contribution in [2.45, 2.75) is 12.3 Å². The van der Waals surface area contributed by atoms with Crippen LogP contribution in [0.5, 0.6) is 0 Å². The van der Waals surface area contributed by atoms with Crippen LogP contribution < -0.4 is 0 Å². The average molecular weight is 283 g/mol. The van der Waals surface area contributed by atoms with E-state index in [1.165, 1.54) is 6.07 Å². The van der Waals surface area contributed by atoms with E-state index in [1.54, 1.807) is 18.2 Å². The number of hydrogen-bond donors (Lipinski definition) is 1. The molecule has 0 fully saturated rings. The van der Waals surface area contributed by atoms with Crippen molar-refractivity contribution in [2.75, 3.05) is 6.61 Å². The summed E-state index contributed by atoms with van der Waals surface area (Å²) in [6, 6.07) is 10.9. The van der Waals surface area contributed by atoms with Gasteiger partial charge in [-0.15, -0.1) is 0 Å². The average Bonchev–Trinajstić information content (AvgIpc) is 2.40. The van der Waals surface area contributed by atoms with Crippen LogP contribution in [0.25, 0.3) is 0 Å². The third kappa shape index (κ3) is 3.52. The molecule has 0 radical (unpaired) electrons. The second-order valence-electron chi connectivity index (χ2n) is 4.39. The molecule has 0 saturated heterocycles. The van der Waals surface area contributed by atoms with Gasteiger partial charge in [0.05, 0.1) is 6.61 Å². The van der Waals surface area contributed by atoms with E-state index in [4.69, 9.17) is 11.6 Å². The third-order valence-electron chi connectivity index (χ3n) is 3.01. The topological polar surface area (TPSA) is 20.2 Å². The van der Waals surface area contributed by atoms with Crippen molar-refractivity contribution in [1.29, 1.82) is 0 Å². The summed E-state index contributed by atoms with van der Waals surface area (Å²) in [5.74, 6) is -1.93. The summed E-state index contributed by atoms with van der Waals surface area (Å²) in [5, 5.41) is 10.0. The van der Waals surface area contributed by atoms with E-state index in [0.717, 1.165) is 17.7 Å². The quantitative estimate of drug-likeness (QED) is 0.901. The molecular formula is C15H13ClF2O. The minimum absolute atomic E-state index is 0.0840. The number of hydrogen-bond acceptors (Lipinski definition) is 1. The lowest BCUT2D eigenvalue weighted by Crippen LogP contribution is -2.08. The van der Waals surface area contributed by atoms with Gasteiger partial charge < -0.3 is 5.11 Å². The van der Waals surface area contributed by atoms with E-state index in [1.807, 2.05) is 6.07 Å². The second-order valence-corrected chi connectivity index (χ2v) is 4.82. The number of aliphatic hydroxyl groups is 1. The molecule has 1 nitrogen and oxygen atoms in total. The lowest BCUT2D eigenvalue weighted by molar-refractivity contribution is 0.264. The van der Waals surface area contributed by atoms with E-state index < -0.39 is 11.6 Å². The van der Waals surface area contributed by atoms with Gasteiger partial charge >= 0.3 is 0 Å². The van der Waals surface area contributed by atoms with Crippen LogP contribution in [0.4, 0.5) is 8.78 Å². The van der Waals surface area contributed by atoms with Crippen LogP contribution in [0.15, 0.2) is 42.5 Å². The van der Waals surface area contributed by atoms with Gasteiger partial charge in [0.1, 0.15) is 0 Å². The van der Waals surface area contributed by atoms with E-state index >= 15 is 0 Å². The Morgan fingerprint density at radius 3 is 2.47 bits per heavy atom. The summed E-state index contributed by atoms with van der Waals surface area (Å²) in [6.45, 7) is -0.0840. The van der Waals surface area contributed by atoms with Crippen molar-refractivity contribution in [1.82, 2.24) is 0 Å². The highest BCUT2D eigenvalue weighted by Crippen LogP contribution is 2.24. The zero-order valence-electron chi connectivity index (χ0n) is 10.1. The first-order valence-corrected chi connectivity index (χ1v) is 6.28. The van der Waals surface area contributed by atoms with Gasteiger partial charge in [0, 0.05) is 10.9 Å². The predicted octanol–water partition coefficient (Wildman–Crippen LogP) is 3.94. The Labute approximate surface area is 115 Å². The molecule has 0 aromatic heterocycles. The fourth-order valence-corrected chi connectivity index (χ4v) is 2.20. The van der Waals surface area contributed by atoms with Gasteiger partial charge in [0.15, 0.2) is 11.6 Å². The van der Waals surface area contributed by atoms with Crippen molar-refractivity contribution in [3.05, 3.63) is 70.2 Å². The summed E-state index contributed by atoms with van der Waals surface area (Å²) in [4.78, 5) is 0. The predicted molar refractivity (Wildman–Crippen MR) is 71.3 cm³/mol. The Morgan fingerprint density at radius 2 is 1.84 bits per heavy atom. The lowest BCUT2D eigenvalue weighted by atomic mass is 9.93. The standard InChI is InChI=1S/C15H13ClF2O/c16-13-3-1-2-11(8-13)12(9-19)6-10-4-5-14(17)15(18)7-10/h1-5,7-8,12,19H,6,9H2. The van der Waals surface area contributed by atoms with E-state index in [2.05, 4.69) is 0 Å². The fourth-order valence-electron chi connectivity index (χ4n) is 2.00. The summed E-state index contributed by atoms with van der Waals surface area (Å²) in [7, 11) is 0. The molecule has 19 heavy (non-hydrogen) atoms. The Balaban J connectivity index is 2.21. The van der Waals surface area contributed by atoms with Crippen molar-refractivity contribution in [3.8, 4) is 0 Å². The molecule has 0 aliphatic rings. The molecule has 2 aromatic rings. The van der Waals surface area contributed by atoms with Crippen LogP contribution in [-0.2, 0) is 6.42 Å². The van der Waals surface area contributed by atoms with E-state index in [0.29, 0.717) is 17.0 Å². The van der Waals surface area contributed by atoms with Gasteiger partial charge in [0.2, 0.25) is 0 Å². The molecule has 2 rings (SSSR count). The highest BCUT2D eigenvalue weighted by Gasteiger charge is 2.13. The highest BCUT2D eigenvalue weighted by atomic mass is 35.5. The summed E-state index contributed by atoms with van der Waals surface area (Å²) in [5.41, 5.74) is 1.51. The largest absolute Gasteiger partial charge is 0.396 e. The fraction of sp³-hybridized carbons (Fsp3) is 0.200. The first-order chi connectivity index (χ1) is 9.10. The number of rotatable bonds is 4. The highest BCUT2D eigenvalue weighted by molar-refractivity contribution is 6.30. The Morgan fingerprint density at radius 1 is 1.05 bits per heavy atom. The van der Waals surface area contributed by atoms with Gasteiger partial charge in [-0.1, -0.05) is 29.8 Å². The molecule has 1 atom stereocenters. The smallest absolute Gasteiger partial charge is 0.159 e. The monoisotopic (exact) mass is 282 g/mol. The normalized spacial score (nSPS) is 12.4. The van der Waals surface area contributed by atoms with Crippen LogP contribution in [0, 0.1) is 11.6 Å². The number of aliphatic hydroxyl groups excluding tert-OH is 1. The summed E-state index contributed by atoms with van der Waals surface area (Å²) < 4.78 is 26.0. The van der Waals surface area contributed by atoms with Gasteiger partial charge in [-0.3, -0.25) is 0 Å². The van der Waals surface area contributed by atoms with Crippen LogP contribution >= 0.6 is 11.6 Å². The maximum Gasteiger partial charge on any atom is 0.159 e. The molecule has 1 N–H and O–H groups in total. The first kappa shape index (κ1) is 14.0. The lowest BCUT2D eigenvalue weighted by Gasteiger charge is -2.15. The Hall–Kier alpha value is -1.45. The molecule has 0 aliphatic heterocycles. The van der Waals surface area contributed by atoms with Gasteiger partial charge in [0.25, 0.3) is 0 Å². The van der Waals surface area contributed by atoms with E-state index in [9.17, 15) is 13.9 Å². The van der Waals surface area contributed by atoms with Crippen LogP contribution in [0.2, 0.25) is 5.02 Å². The molecule has 0 spiro atoms. The zero-order chi connectivity index (χ0) is 13.8. The Kier molecular flexibility index (Phi) is 4.51. The molecule has 100 valence electrons. The molecule has 1 unspecified atom stereocenters. The third-order valence-corrected chi connectivity index (χ3v) is 3.24. The molecule has 4 heteroatoms. The number of halogens is 3. The molecule has 0 aliphatic carbocycles. The van der Waals surface area contributed by atoms with Crippen molar-refractivity contribution in [2.24, 2.45) is 0 Å². The summed E-state index contributed by atoms with van der Waals surface area (Å²) >= 11 is 5.90. The maximum absolute atomic E-state index is 13.1. The van der Waals surface area contributed by atoms with E-state index in [-0.39, 0.29) is 12.5 Å². The number of benzene rings is 2. The zero-order valence-corrected chi connectivity index (χ0v) is 10.9. The molecule has 0 bridgehead atoms. The van der Waals surface area contributed by atoms with Crippen LogP contribution in [0.1, 0.15) is 17.0 Å². The SMILES string of the molecule is OCC(Cc1ccc(F)c(F)c1)c1cccc(Cl)c1. The minimum atomic E-state index is -0.875. The van der Waals surface area contributed by atoms with Gasteiger partial charge in [-0.25, -0.2) is 8.78 Å². The molecule has 0 saturated carbocycles. The van der Waals surface area contributed by atoms with Gasteiger partial charge in [-0.2, -0.15) is 0 Å².